The van der Waals surface area contributed by atoms with E-state index >= 15 is 0 Å². The van der Waals surface area contributed by atoms with Gasteiger partial charge in [0.25, 0.3) is 5.91 Å². The summed E-state index contributed by atoms with van der Waals surface area (Å²) in [5, 5.41) is 9.90. The van der Waals surface area contributed by atoms with Gasteiger partial charge >= 0.3 is 6.03 Å². The molecule has 0 bridgehead atoms. The van der Waals surface area contributed by atoms with E-state index in [0.717, 1.165) is 5.56 Å². The molecule has 2 rings (SSSR count). The summed E-state index contributed by atoms with van der Waals surface area (Å²) in [5.74, 6) is 0.603. The van der Waals surface area contributed by atoms with Gasteiger partial charge in [0.15, 0.2) is 6.61 Å². The molecule has 3 amide bonds. The van der Waals surface area contributed by atoms with Crippen LogP contribution >= 0.6 is 11.6 Å². The van der Waals surface area contributed by atoms with Crippen LogP contribution in [0.5, 0.6) is 5.75 Å². The Labute approximate surface area is 145 Å². The molecule has 1 unspecified atom stereocenters. The molecule has 24 heavy (non-hydrogen) atoms. The van der Waals surface area contributed by atoms with Crippen LogP contribution in [0.4, 0.5) is 4.79 Å². The highest BCUT2D eigenvalue weighted by Crippen LogP contribution is 2.26. The third kappa shape index (κ3) is 4.86. The maximum Gasteiger partial charge on any atom is 0.335 e. The van der Waals surface area contributed by atoms with Crippen LogP contribution in [0.15, 0.2) is 23.3 Å². The molecule has 0 radical (unpaired) electrons. The summed E-state index contributed by atoms with van der Waals surface area (Å²) in [6.45, 7) is 6.37. The number of nitrogens with one attached hydrogen (secondary N) is 3. The number of hydrogen-bond acceptors (Lipinski definition) is 4. The van der Waals surface area contributed by atoms with Crippen molar-refractivity contribution < 1.29 is 14.3 Å². The predicted molar refractivity (Wildman–Crippen MR) is 92.5 cm³/mol. The van der Waals surface area contributed by atoms with E-state index in [4.69, 9.17) is 16.3 Å². The van der Waals surface area contributed by atoms with Crippen molar-refractivity contribution in [2.45, 2.75) is 26.8 Å². The Hall–Kier alpha value is -2.28. The Bertz CT molecular complexity index is 661. The van der Waals surface area contributed by atoms with Crippen molar-refractivity contribution in [2.75, 3.05) is 13.2 Å². The third-order valence-electron chi connectivity index (χ3n) is 3.33. The van der Waals surface area contributed by atoms with E-state index in [1.54, 1.807) is 18.2 Å². The van der Waals surface area contributed by atoms with E-state index in [2.05, 4.69) is 21.2 Å². The number of halogens is 1. The van der Waals surface area contributed by atoms with Gasteiger partial charge in [-0.1, -0.05) is 25.4 Å². The highest BCUT2D eigenvalue weighted by molar-refractivity contribution is 6.32. The van der Waals surface area contributed by atoms with Crippen LogP contribution in [-0.2, 0) is 4.79 Å². The van der Waals surface area contributed by atoms with Gasteiger partial charge in [-0.2, -0.15) is 5.10 Å². The van der Waals surface area contributed by atoms with Crippen LogP contribution in [-0.4, -0.2) is 36.8 Å². The van der Waals surface area contributed by atoms with Gasteiger partial charge in [-0.05, 0) is 31.0 Å². The molecule has 1 aromatic rings. The second kappa shape index (κ2) is 8.01. The van der Waals surface area contributed by atoms with Gasteiger partial charge in [0.1, 0.15) is 5.75 Å². The van der Waals surface area contributed by atoms with Crippen LogP contribution in [0.2, 0.25) is 5.02 Å². The molecule has 0 saturated carbocycles. The van der Waals surface area contributed by atoms with Gasteiger partial charge in [-0.3, -0.25) is 4.79 Å². The second-order valence-electron chi connectivity index (χ2n) is 5.94. The van der Waals surface area contributed by atoms with E-state index in [1.807, 2.05) is 20.8 Å². The average molecular weight is 353 g/mol. The number of carbonyl (C=O) groups excluding carboxylic acids is 2. The summed E-state index contributed by atoms with van der Waals surface area (Å²) in [4.78, 5) is 22.9. The Morgan fingerprint density at radius 2 is 2.21 bits per heavy atom. The highest BCUT2D eigenvalue weighted by Gasteiger charge is 2.21. The molecule has 0 saturated heterocycles. The third-order valence-corrected chi connectivity index (χ3v) is 3.62. The molecule has 1 aliphatic heterocycles. The van der Waals surface area contributed by atoms with Gasteiger partial charge in [0, 0.05) is 12.1 Å². The molecule has 1 aromatic carbocycles. The molecular weight excluding hydrogens is 332 g/mol. The number of rotatable bonds is 6. The van der Waals surface area contributed by atoms with Crippen molar-refractivity contribution in [3.8, 4) is 5.75 Å². The lowest BCUT2D eigenvalue weighted by Gasteiger charge is -2.21. The Kier molecular flexibility index (Phi) is 6.03. The van der Waals surface area contributed by atoms with E-state index in [0.29, 0.717) is 28.9 Å². The fourth-order valence-electron chi connectivity index (χ4n) is 2.11. The number of benzene rings is 1. The zero-order valence-corrected chi connectivity index (χ0v) is 14.6. The molecule has 0 aliphatic carbocycles. The monoisotopic (exact) mass is 352 g/mol. The first-order valence-electron chi connectivity index (χ1n) is 7.70. The van der Waals surface area contributed by atoms with Crippen LogP contribution in [0, 0.1) is 5.92 Å². The van der Waals surface area contributed by atoms with E-state index in [1.165, 1.54) is 0 Å². The molecule has 3 N–H and O–H groups in total. The number of hydrogen-bond donors (Lipinski definition) is 3. The van der Waals surface area contributed by atoms with E-state index in [-0.39, 0.29) is 24.6 Å². The second-order valence-corrected chi connectivity index (χ2v) is 6.34. The molecule has 0 fully saturated rings. The summed E-state index contributed by atoms with van der Waals surface area (Å²) in [5.41, 5.74) is 3.79. The van der Waals surface area contributed by atoms with E-state index in [9.17, 15) is 9.59 Å². The zero-order valence-electron chi connectivity index (χ0n) is 13.9. The minimum Gasteiger partial charge on any atom is -0.482 e. The summed E-state index contributed by atoms with van der Waals surface area (Å²) in [7, 11) is 0. The van der Waals surface area contributed by atoms with Gasteiger partial charge in [-0.25, -0.2) is 10.2 Å². The van der Waals surface area contributed by atoms with E-state index < -0.39 is 0 Å². The molecule has 1 atom stereocenters. The van der Waals surface area contributed by atoms with Gasteiger partial charge in [0.2, 0.25) is 0 Å². The van der Waals surface area contributed by atoms with Gasteiger partial charge < -0.3 is 15.4 Å². The lowest BCUT2D eigenvalue weighted by atomic mass is 10.0. The molecule has 1 heterocycles. The number of nitrogens with zero attached hydrogens (tertiary/aromatic N) is 1. The largest absolute Gasteiger partial charge is 0.482 e. The van der Waals surface area contributed by atoms with Crippen molar-refractivity contribution in [1.82, 2.24) is 16.1 Å². The van der Waals surface area contributed by atoms with Crippen molar-refractivity contribution in [3.05, 3.63) is 28.8 Å². The first-order valence-corrected chi connectivity index (χ1v) is 8.08. The molecule has 0 aromatic heterocycles. The van der Waals surface area contributed by atoms with Crippen LogP contribution in [0.25, 0.3) is 0 Å². The van der Waals surface area contributed by atoms with Crippen molar-refractivity contribution >= 4 is 29.3 Å². The van der Waals surface area contributed by atoms with Crippen LogP contribution < -0.4 is 20.8 Å². The molecule has 8 heteroatoms. The van der Waals surface area contributed by atoms with Crippen molar-refractivity contribution in [2.24, 2.45) is 11.0 Å². The number of hydrazone groups is 1. The first kappa shape index (κ1) is 18.1. The molecule has 1 aliphatic rings. The minimum absolute atomic E-state index is 0.0965. The SMILES string of the molecule is CC(C)CNC(=O)COc1ccc(C2=NNC(=O)NC2C)cc1Cl. The topological polar surface area (TPSA) is 91.8 Å². The maximum atomic E-state index is 11.7. The lowest BCUT2D eigenvalue weighted by Crippen LogP contribution is -2.48. The molecule has 7 nitrogen and oxygen atoms in total. The zero-order chi connectivity index (χ0) is 17.7. The summed E-state index contributed by atoms with van der Waals surface area (Å²) >= 11 is 6.22. The lowest BCUT2D eigenvalue weighted by molar-refractivity contribution is -0.123. The van der Waals surface area contributed by atoms with Crippen molar-refractivity contribution in [3.63, 3.8) is 0 Å². The van der Waals surface area contributed by atoms with Crippen molar-refractivity contribution in [1.29, 1.82) is 0 Å². The van der Waals surface area contributed by atoms with Gasteiger partial charge in [-0.15, -0.1) is 0 Å². The summed E-state index contributed by atoms with van der Waals surface area (Å²) in [6.07, 6.45) is 0. The van der Waals surface area contributed by atoms with Crippen LogP contribution in [0.1, 0.15) is 26.3 Å². The maximum absolute atomic E-state index is 11.7. The average Bonchev–Trinajstić information content (AvgIpc) is 2.51. The Balaban J connectivity index is 2.00. The molecular formula is C16H21ClN4O3. The minimum atomic E-state index is -0.343. The standard InChI is InChI=1S/C16H21ClN4O3/c1-9(2)7-18-14(22)8-24-13-5-4-11(6-12(13)17)15-10(3)19-16(23)21-20-15/h4-6,9-10H,7-8H2,1-3H3,(H,18,22)(H2,19,21,23). The quantitative estimate of drug-likeness (QED) is 0.730. The highest BCUT2D eigenvalue weighted by atomic mass is 35.5. The smallest absolute Gasteiger partial charge is 0.335 e. The molecule has 130 valence electrons. The fraction of sp³-hybridized carbons (Fsp3) is 0.438. The number of urea groups is 1. The number of carbonyl (C=O) groups is 2. The Morgan fingerprint density at radius 3 is 2.83 bits per heavy atom. The summed E-state index contributed by atoms with van der Waals surface area (Å²) < 4.78 is 5.45. The predicted octanol–water partition coefficient (Wildman–Crippen LogP) is 1.90. The first-order chi connectivity index (χ1) is 11.4. The van der Waals surface area contributed by atoms with Gasteiger partial charge in [0.05, 0.1) is 16.8 Å². The fourth-order valence-corrected chi connectivity index (χ4v) is 2.34. The van der Waals surface area contributed by atoms with Crippen LogP contribution in [0.3, 0.4) is 0 Å². The number of ether oxygens (including phenoxy) is 1. The summed E-state index contributed by atoms with van der Waals surface area (Å²) in [6, 6.07) is 4.58. The Morgan fingerprint density at radius 1 is 1.46 bits per heavy atom. The molecule has 0 spiro atoms. The normalized spacial score (nSPS) is 17.0. The number of amides is 3.